The second kappa shape index (κ2) is 6.78. The molecule has 0 radical (unpaired) electrons. The maximum atomic E-state index is 14.1. The van der Waals surface area contributed by atoms with E-state index in [1.165, 1.54) is 18.2 Å². The monoisotopic (exact) mass is 367 g/mol. The lowest BCUT2D eigenvalue weighted by Crippen LogP contribution is -2.21. The molecule has 0 aliphatic carbocycles. The summed E-state index contributed by atoms with van der Waals surface area (Å²) in [5.74, 6) is -2.41. The summed E-state index contributed by atoms with van der Waals surface area (Å²) >= 11 is 0. The van der Waals surface area contributed by atoms with E-state index in [0.29, 0.717) is 17.7 Å². The normalized spacial score (nSPS) is 13.8. The van der Waals surface area contributed by atoms with Crippen molar-refractivity contribution in [2.45, 2.75) is 19.0 Å². The Bertz CT molecular complexity index is 877. The van der Waals surface area contributed by atoms with Crippen LogP contribution < -0.4 is 10.1 Å². The Morgan fingerprint density at radius 1 is 1.15 bits per heavy atom. The number of hydrogen-bond acceptors (Lipinski definition) is 3. The van der Waals surface area contributed by atoms with Gasteiger partial charge in [-0.1, -0.05) is 12.1 Å². The molecule has 0 unspecified atom stereocenters. The first-order chi connectivity index (χ1) is 12.3. The minimum Gasteiger partial charge on any atom is -0.485 e. The van der Waals surface area contributed by atoms with Gasteiger partial charge in [0.25, 0.3) is 0 Å². The fraction of sp³-hybridized carbons (Fsp3) is 0.222. The van der Waals surface area contributed by atoms with Crippen molar-refractivity contribution in [1.29, 1.82) is 0 Å². The van der Waals surface area contributed by atoms with Gasteiger partial charge in [-0.05, 0) is 36.2 Å². The lowest BCUT2D eigenvalue weighted by Gasteiger charge is -2.18. The zero-order valence-electron chi connectivity index (χ0n) is 13.3. The van der Waals surface area contributed by atoms with E-state index in [9.17, 15) is 27.2 Å². The van der Waals surface area contributed by atoms with Gasteiger partial charge >= 0.3 is 6.18 Å². The number of rotatable bonds is 4. The molecule has 0 spiro atoms. The van der Waals surface area contributed by atoms with E-state index in [4.69, 9.17) is 4.74 Å². The van der Waals surface area contributed by atoms with Crippen LogP contribution in [0.2, 0.25) is 0 Å². The van der Waals surface area contributed by atoms with Crippen molar-refractivity contribution < 1.29 is 31.9 Å². The van der Waals surface area contributed by atoms with Gasteiger partial charge in [-0.25, -0.2) is 4.39 Å². The van der Waals surface area contributed by atoms with Crippen LogP contribution in [0.15, 0.2) is 36.4 Å². The van der Waals surface area contributed by atoms with Gasteiger partial charge in [-0.3, -0.25) is 9.59 Å². The number of aryl methyl sites for hydroxylation is 1. The molecule has 1 aliphatic heterocycles. The zero-order valence-corrected chi connectivity index (χ0v) is 13.3. The minimum absolute atomic E-state index is 0.210. The van der Waals surface area contributed by atoms with Gasteiger partial charge in [-0.2, -0.15) is 13.2 Å². The number of fused-ring (bicyclic) bond motifs is 1. The van der Waals surface area contributed by atoms with Gasteiger partial charge in [0.1, 0.15) is 11.6 Å². The van der Waals surface area contributed by atoms with Crippen molar-refractivity contribution in [3.8, 4) is 5.75 Å². The molecule has 0 atom stereocenters. The lowest BCUT2D eigenvalue weighted by atomic mass is 9.98. The van der Waals surface area contributed by atoms with E-state index in [1.807, 2.05) is 0 Å². The number of para-hydroxylation sites is 1. The summed E-state index contributed by atoms with van der Waals surface area (Å²) in [7, 11) is 0. The van der Waals surface area contributed by atoms with Crippen molar-refractivity contribution in [2.24, 2.45) is 0 Å². The number of benzene rings is 2. The number of carbonyl (C=O) groups is 2. The van der Waals surface area contributed by atoms with Crippen LogP contribution in [0.1, 0.15) is 27.9 Å². The molecule has 8 heteroatoms. The van der Waals surface area contributed by atoms with Crippen LogP contribution >= 0.6 is 0 Å². The van der Waals surface area contributed by atoms with E-state index in [2.05, 4.69) is 5.32 Å². The fourth-order valence-electron chi connectivity index (χ4n) is 2.66. The number of ketones is 1. The summed E-state index contributed by atoms with van der Waals surface area (Å²) in [6, 6.07) is 6.80. The van der Waals surface area contributed by atoms with Crippen LogP contribution in [-0.4, -0.2) is 18.3 Å². The zero-order chi connectivity index (χ0) is 18.9. The highest BCUT2D eigenvalue weighted by Gasteiger charge is 2.34. The van der Waals surface area contributed by atoms with E-state index in [-0.39, 0.29) is 17.9 Å². The van der Waals surface area contributed by atoms with Crippen LogP contribution in [0.25, 0.3) is 0 Å². The number of alkyl halides is 3. The maximum Gasteiger partial charge on any atom is 0.419 e. The summed E-state index contributed by atoms with van der Waals surface area (Å²) in [5, 5.41) is 2.50. The first-order valence-electron chi connectivity index (χ1n) is 7.70. The summed E-state index contributed by atoms with van der Waals surface area (Å²) in [4.78, 5) is 23.5. The topological polar surface area (TPSA) is 55.4 Å². The van der Waals surface area contributed by atoms with Gasteiger partial charge in [0, 0.05) is 12.1 Å². The number of anilines is 1. The third kappa shape index (κ3) is 3.68. The Kier molecular flexibility index (Phi) is 4.67. The average molecular weight is 367 g/mol. The second-order valence-electron chi connectivity index (χ2n) is 5.74. The molecule has 0 fully saturated rings. The minimum atomic E-state index is -4.63. The first kappa shape index (κ1) is 17.9. The predicted octanol–water partition coefficient (Wildman–Crippen LogP) is 3.99. The number of Topliss-reactive ketones (excluding diaryl/α,β-unsaturated/α-hetero) is 1. The van der Waals surface area contributed by atoms with Crippen LogP contribution in [0, 0.1) is 5.82 Å². The van der Waals surface area contributed by atoms with Gasteiger partial charge in [0.05, 0.1) is 11.1 Å². The van der Waals surface area contributed by atoms with E-state index in [0.717, 1.165) is 18.2 Å². The molecule has 0 aromatic heterocycles. The Morgan fingerprint density at radius 3 is 2.62 bits per heavy atom. The number of halogens is 4. The van der Waals surface area contributed by atoms with Gasteiger partial charge in [0.2, 0.25) is 11.7 Å². The molecule has 0 saturated carbocycles. The highest BCUT2D eigenvalue weighted by Crippen LogP contribution is 2.36. The highest BCUT2D eigenvalue weighted by atomic mass is 19.4. The van der Waals surface area contributed by atoms with Gasteiger partial charge < -0.3 is 10.1 Å². The van der Waals surface area contributed by atoms with E-state index in [1.54, 1.807) is 0 Å². The Morgan fingerprint density at radius 2 is 1.88 bits per heavy atom. The van der Waals surface area contributed by atoms with Crippen molar-refractivity contribution in [2.75, 3.05) is 11.9 Å². The molecule has 0 bridgehead atoms. The summed E-state index contributed by atoms with van der Waals surface area (Å²) in [6.45, 7) is -0.741. The number of nitrogens with one attached hydrogen (secondary N) is 1. The third-order valence-corrected chi connectivity index (χ3v) is 3.94. The van der Waals surface area contributed by atoms with Crippen LogP contribution in [0.4, 0.5) is 23.2 Å². The molecule has 3 rings (SSSR count). The largest absolute Gasteiger partial charge is 0.485 e. The molecule has 2 aromatic carbocycles. The number of carbonyl (C=O) groups excluding carboxylic acids is 2. The molecular weight excluding hydrogens is 354 g/mol. The van der Waals surface area contributed by atoms with Crippen LogP contribution in [0.5, 0.6) is 5.75 Å². The molecule has 136 valence electrons. The molecule has 0 saturated heterocycles. The Labute approximate surface area is 145 Å². The van der Waals surface area contributed by atoms with Crippen LogP contribution in [0.3, 0.4) is 0 Å². The van der Waals surface area contributed by atoms with Gasteiger partial charge in [-0.15, -0.1) is 0 Å². The molecular formula is C18H13F4NO3. The summed E-state index contributed by atoms with van der Waals surface area (Å²) in [5.41, 5.74) is -0.422. The lowest BCUT2D eigenvalue weighted by molar-refractivity contribution is -0.138. The molecule has 2 aromatic rings. The SMILES string of the molecule is O=C1CCc2cc(C(=O)COc3ccccc3C(F)(F)F)c(F)cc2N1. The van der Waals surface area contributed by atoms with Crippen molar-refractivity contribution in [3.63, 3.8) is 0 Å². The maximum absolute atomic E-state index is 14.1. The fourth-order valence-corrected chi connectivity index (χ4v) is 2.66. The van der Waals surface area contributed by atoms with Crippen molar-refractivity contribution in [3.05, 3.63) is 58.9 Å². The Balaban J connectivity index is 1.79. The molecule has 1 amide bonds. The number of ether oxygens (including phenoxy) is 1. The molecule has 1 N–H and O–H groups in total. The average Bonchev–Trinajstić information content (AvgIpc) is 2.58. The van der Waals surface area contributed by atoms with Gasteiger partial charge in [0.15, 0.2) is 6.61 Å². The standard InChI is InChI=1S/C18H13F4NO3/c19-13-8-14-10(5-6-17(25)23-14)7-11(13)15(24)9-26-16-4-2-1-3-12(16)18(20,21)22/h1-4,7-8H,5-6,9H2,(H,23,25). The van der Waals surface area contributed by atoms with Crippen molar-refractivity contribution in [1.82, 2.24) is 0 Å². The molecule has 4 nitrogen and oxygen atoms in total. The second-order valence-corrected chi connectivity index (χ2v) is 5.74. The van der Waals surface area contributed by atoms with Crippen LogP contribution in [-0.2, 0) is 17.4 Å². The third-order valence-electron chi connectivity index (χ3n) is 3.94. The van der Waals surface area contributed by atoms with Crippen molar-refractivity contribution >= 4 is 17.4 Å². The predicted molar refractivity (Wildman–Crippen MR) is 84.6 cm³/mol. The quantitative estimate of drug-likeness (QED) is 0.657. The summed E-state index contributed by atoms with van der Waals surface area (Å²) < 4.78 is 57.9. The molecule has 1 aliphatic rings. The van der Waals surface area contributed by atoms with E-state index >= 15 is 0 Å². The summed E-state index contributed by atoms with van der Waals surface area (Å²) in [6.07, 6.45) is -4.07. The Hall–Kier alpha value is -2.90. The number of hydrogen-bond donors (Lipinski definition) is 1. The smallest absolute Gasteiger partial charge is 0.419 e. The molecule has 1 heterocycles. The number of amides is 1. The first-order valence-corrected chi connectivity index (χ1v) is 7.70. The van der Waals surface area contributed by atoms with E-state index < -0.39 is 35.7 Å². The highest BCUT2D eigenvalue weighted by molar-refractivity contribution is 6.00. The molecule has 26 heavy (non-hydrogen) atoms.